The number of nitrogens with zero attached hydrogens (tertiary/aromatic N) is 2. The van der Waals surface area contributed by atoms with E-state index in [1.165, 1.54) is 12.1 Å². The molecule has 162 valence electrons. The van der Waals surface area contributed by atoms with Crippen LogP contribution in [0.1, 0.15) is 21.5 Å². The van der Waals surface area contributed by atoms with Crippen LogP contribution in [0.5, 0.6) is 0 Å². The molecule has 1 heterocycles. The SMILES string of the molecule is Cc1ccc(C(=O)Nc2cc(N3CCN(C)CC3)c(Cl)c(C(F)(F)F)c2)cc1NN. The number of carbonyl (C=O) groups is 1. The summed E-state index contributed by atoms with van der Waals surface area (Å²) in [6.07, 6.45) is -4.65. The monoisotopic (exact) mass is 441 g/mol. The van der Waals surface area contributed by atoms with Gasteiger partial charge in [0.15, 0.2) is 0 Å². The molecule has 0 aromatic heterocycles. The first-order valence-electron chi connectivity index (χ1n) is 9.33. The van der Waals surface area contributed by atoms with E-state index in [4.69, 9.17) is 17.4 Å². The summed E-state index contributed by atoms with van der Waals surface area (Å²) in [5.41, 5.74) is 3.42. The molecule has 0 atom stereocenters. The van der Waals surface area contributed by atoms with E-state index < -0.39 is 17.6 Å². The number of halogens is 4. The Morgan fingerprint density at radius 1 is 1.13 bits per heavy atom. The number of aryl methyl sites for hydroxylation is 1. The summed E-state index contributed by atoms with van der Waals surface area (Å²) in [4.78, 5) is 16.5. The van der Waals surface area contributed by atoms with Crippen LogP contribution in [0.25, 0.3) is 0 Å². The van der Waals surface area contributed by atoms with Crippen molar-refractivity contribution in [3.05, 3.63) is 52.0 Å². The van der Waals surface area contributed by atoms with Crippen molar-refractivity contribution in [1.29, 1.82) is 0 Å². The molecule has 0 radical (unpaired) electrons. The molecule has 1 saturated heterocycles. The van der Waals surface area contributed by atoms with E-state index in [-0.39, 0.29) is 22.0 Å². The molecule has 4 N–H and O–H groups in total. The smallest absolute Gasteiger partial charge is 0.368 e. The zero-order valence-electron chi connectivity index (χ0n) is 16.6. The second-order valence-corrected chi connectivity index (χ2v) is 7.65. The summed E-state index contributed by atoms with van der Waals surface area (Å²) >= 11 is 6.14. The Kier molecular flexibility index (Phi) is 6.44. The molecule has 0 bridgehead atoms. The first kappa shape index (κ1) is 22.2. The van der Waals surface area contributed by atoms with Crippen LogP contribution in [0.4, 0.5) is 30.2 Å². The highest BCUT2D eigenvalue weighted by atomic mass is 35.5. The third kappa shape index (κ3) is 4.80. The van der Waals surface area contributed by atoms with E-state index in [1.807, 2.05) is 14.0 Å². The Morgan fingerprint density at radius 2 is 1.80 bits per heavy atom. The Hall–Kier alpha value is -2.49. The van der Waals surface area contributed by atoms with Crippen LogP contribution in [-0.4, -0.2) is 44.0 Å². The van der Waals surface area contributed by atoms with E-state index in [0.29, 0.717) is 31.9 Å². The number of hydrogen-bond acceptors (Lipinski definition) is 5. The van der Waals surface area contributed by atoms with Gasteiger partial charge in [0.25, 0.3) is 5.91 Å². The Bertz CT molecular complexity index is 943. The average molecular weight is 442 g/mol. The van der Waals surface area contributed by atoms with Gasteiger partial charge in [0.1, 0.15) is 0 Å². The van der Waals surface area contributed by atoms with Crippen molar-refractivity contribution >= 4 is 34.6 Å². The molecule has 1 aliphatic rings. The van der Waals surface area contributed by atoms with Crippen LogP contribution in [0, 0.1) is 6.92 Å². The van der Waals surface area contributed by atoms with Crippen molar-refractivity contribution in [3.63, 3.8) is 0 Å². The molecule has 0 aliphatic carbocycles. The molecule has 1 fully saturated rings. The summed E-state index contributed by atoms with van der Waals surface area (Å²) < 4.78 is 40.8. The number of nitrogen functional groups attached to an aromatic ring is 1. The molecule has 0 saturated carbocycles. The number of hydrazine groups is 1. The molecule has 0 unspecified atom stereocenters. The number of hydrogen-bond donors (Lipinski definition) is 3. The lowest BCUT2D eigenvalue weighted by Crippen LogP contribution is -2.44. The van der Waals surface area contributed by atoms with Gasteiger partial charge in [-0.3, -0.25) is 10.6 Å². The Balaban J connectivity index is 1.95. The lowest BCUT2D eigenvalue weighted by molar-refractivity contribution is -0.137. The third-order valence-electron chi connectivity index (χ3n) is 5.12. The number of likely N-dealkylation sites (N-methyl/N-ethyl adjacent to an activating group) is 1. The number of anilines is 3. The predicted molar refractivity (Wildman–Crippen MR) is 113 cm³/mol. The van der Waals surface area contributed by atoms with Crippen molar-refractivity contribution in [1.82, 2.24) is 4.90 Å². The molecule has 1 amide bonds. The van der Waals surface area contributed by atoms with Crippen LogP contribution in [0.2, 0.25) is 5.02 Å². The van der Waals surface area contributed by atoms with Gasteiger partial charge in [0, 0.05) is 37.4 Å². The molecular formula is C20H23ClF3N5O. The van der Waals surface area contributed by atoms with Crippen molar-refractivity contribution in [2.24, 2.45) is 5.84 Å². The van der Waals surface area contributed by atoms with Crippen LogP contribution >= 0.6 is 11.6 Å². The highest BCUT2D eigenvalue weighted by molar-refractivity contribution is 6.34. The minimum atomic E-state index is -4.65. The van der Waals surface area contributed by atoms with Crippen LogP contribution in [0.3, 0.4) is 0 Å². The maximum atomic E-state index is 13.6. The number of alkyl halides is 3. The summed E-state index contributed by atoms with van der Waals surface area (Å²) in [5.74, 6) is 4.89. The van der Waals surface area contributed by atoms with Crippen molar-refractivity contribution in [2.45, 2.75) is 13.1 Å². The zero-order chi connectivity index (χ0) is 22.1. The van der Waals surface area contributed by atoms with E-state index in [9.17, 15) is 18.0 Å². The molecule has 0 spiro atoms. The maximum Gasteiger partial charge on any atom is 0.417 e. The standard InChI is InChI=1S/C20H23ClF3N5O/c1-12-3-4-13(9-16(12)27-25)19(30)26-14-10-15(20(22,23)24)18(21)17(11-14)29-7-5-28(2)6-8-29/h3-4,9-11,27H,5-8,25H2,1-2H3,(H,26,30). The quantitative estimate of drug-likeness (QED) is 0.495. The van der Waals surface area contributed by atoms with Crippen LogP contribution < -0.4 is 21.5 Å². The first-order chi connectivity index (χ1) is 14.1. The summed E-state index contributed by atoms with van der Waals surface area (Å²) in [6.45, 7) is 4.29. The van der Waals surface area contributed by atoms with Crippen LogP contribution in [0.15, 0.2) is 30.3 Å². The Morgan fingerprint density at radius 3 is 2.40 bits per heavy atom. The van der Waals surface area contributed by atoms with Gasteiger partial charge in [0.05, 0.1) is 22.0 Å². The number of piperazine rings is 1. The number of amides is 1. The highest BCUT2D eigenvalue weighted by Gasteiger charge is 2.36. The fourth-order valence-electron chi connectivity index (χ4n) is 3.29. The fourth-order valence-corrected chi connectivity index (χ4v) is 3.62. The molecule has 3 rings (SSSR count). The van der Waals surface area contributed by atoms with Gasteiger partial charge in [-0.2, -0.15) is 13.2 Å². The number of carbonyl (C=O) groups excluding carboxylic acids is 1. The predicted octanol–water partition coefficient (Wildman–Crippen LogP) is 3.96. The largest absolute Gasteiger partial charge is 0.417 e. The second-order valence-electron chi connectivity index (χ2n) is 7.27. The number of benzene rings is 2. The first-order valence-corrected chi connectivity index (χ1v) is 9.71. The number of nitrogens with one attached hydrogen (secondary N) is 2. The summed E-state index contributed by atoms with van der Waals surface area (Å²) in [7, 11) is 1.95. The minimum absolute atomic E-state index is 0.0217. The van der Waals surface area contributed by atoms with E-state index in [0.717, 1.165) is 11.6 Å². The molecule has 10 heteroatoms. The lowest BCUT2D eigenvalue weighted by Gasteiger charge is -2.35. The summed E-state index contributed by atoms with van der Waals surface area (Å²) in [5, 5.41) is 2.19. The zero-order valence-corrected chi connectivity index (χ0v) is 17.4. The van der Waals surface area contributed by atoms with Gasteiger partial charge >= 0.3 is 6.18 Å². The van der Waals surface area contributed by atoms with Gasteiger partial charge < -0.3 is 20.5 Å². The average Bonchev–Trinajstić information content (AvgIpc) is 2.69. The Labute approximate surface area is 177 Å². The van der Waals surface area contributed by atoms with E-state index in [1.54, 1.807) is 17.0 Å². The van der Waals surface area contributed by atoms with Crippen molar-refractivity contribution in [3.8, 4) is 0 Å². The maximum absolute atomic E-state index is 13.6. The van der Waals surface area contributed by atoms with Gasteiger partial charge in [0.2, 0.25) is 0 Å². The van der Waals surface area contributed by atoms with E-state index in [2.05, 4.69) is 15.6 Å². The lowest BCUT2D eigenvalue weighted by atomic mass is 10.1. The van der Waals surface area contributed by atoms with Gasteiger partial charge in [-0.25, -0.2) is 0 Å². The third-order valence-corrected chi connectivity index (χ3v) is 5.51. The number of rotatable bonds is 4. The number of nitrogens with two attached hydrogens (primary N) is 1. The van der Waals surface area contributed by atoms with Crippen molar-refractivity contribution in [2.75, 3.05) is 48.9 Å². The van der Waals surface area contributed by atoms with E-state index >= 15 is 0 Å². The molecular weight excluding hydrogens is 419 g/mol. The second kappa shape index (κ2) is 8.71. The summed E-state index contributed by atoms with van der Waals surface area (Å²) in [6, 6.07) is 7.15. The van der Waals surface area contributed by atoms with Crippen LogP contribution in [-0.2, 0) is 6.18 Å². The van der Waals surface area contributed by atoms with Gasteiger partial charge in [-0.15, -0.1) is 0 Å². The topological polar surface area (TPSA) is 73.6 Å². The molecule has 6 nitrogen and oxygen atoms in total. The fraction of sp³-hybridized carbons (Fsp3) is 0.350. The van der Waals surface area contributed by atoms with Gasteiger partial charge in [-0.05, 0) is 43.8 Å². The van der Waals surface area contributed by atoms with Gasteiger partial charge in [-0.1, -0.05) is 17.7 Å². The molecule has 2 aromatic rings. The highest BCUT2D eigenvalue weighted by Crippen LogP contribution is 2.42. The normalized spacial score (nSPS) is 15.2. The minimum Gasteiger partial charge on any atom is -0.368 e. The van der Waals surface area contributed by atoms with Crippen molar-refractivity contribution < 1.29 is 18.0 Å². The molecule has 1 aliphatic heterocycles. The molecule has 2 aromatic carbocycles. The molecule has 30 heavy (non-hydrogen) atoms.